The average molecular weight is 389 g/mol. The Morgan fingerprint density at radius 3 is 2.70 bits per heavy atom. The molecular formula is C20H21ClN2O4. The van der Waals surface area contributed by atoms with Gasteiger partial charge in [-0.25, -0.2) is 0 Å². The topological polar surface area (TPSA) is 78.9 Å². The van der Waals surface area contributed by atoms with Gasteiger partial charge in [0.15, 0.2) is 6.10 Å². The Kier molecular flexibility index (Phi) is 6.45. The predicted molar refractivity (Wildman–Crippen MR) is 101 cm³/mol. The van der Waals surface area contributed by atoms with E-state index < -0.39 is 12.1 Å². The number of amides is 2. The summed E-state index contributed by atoms with van der Waals surface area (Å²) >= 11 is 6.07. The van der Waals surface area contributed by atoms with Gasteiger partial charge in [-0.1, -0.05) is 54.1 Å². The van der Waals surface area contributed by atoms with Crippen LogP contribution < -0.4 is 5.32 Å². The second-order valence-corrected chi connectivity index (χ2v) is 6.69. The highest BCUT2D eigenvalue weighted by molar-refractivity contribution is 6.30. The fourth-order valence-corrected chi connectivity index (χ4v) is 3.39. The van der Waals surface area contributed by atoms with Gasteiger partial charge in [0.2, 0.25) is 5.91 Å². The fraction of sp³-hybridized carbons (Fsp3) is 0.300. The first-order valence-electron chi connectivity index (χ1n) is 8.69. The van der Waals surface area contributed by atoms with Crippen molar-refractivity contribution >= 4 is 23.4 Å². The van der Waals surface area contributed by atoms with Gasteiger partial charge in [-0.2, -0.15) is 0 Å². The number of carbonyl (C=O) groups excluding carboxylic acids is 2. The van der Waals surface area contributed by atoms with Crippen molar-refractivity contribution in [1.82, 2.24) is 10.2 Å². The lowest BCUT2D eigenvalue weighted by Gasteiger charge is -2.40. The summed E-state index contributed by atoms with van der Waals surface area (Å²) in [6, 6.07) is 16.0. The number of halogens is 1. The quantitative estimate of drug-likeness (QED) is 0.792. The van der Waals surface area contributed by atoms with E-state index in [4.69, 9.17) is 21.4 Å². The first kappa shape index (κ1) is 19.4. The molecule has 142 valence electrons. The average Bonchev–Trinajstić information content (AvgIpc) is 2.68. The number of aliphatic hydroxyl groups is 1. The van der Waals surface area contributed by atoms with Crippen LogP contribution in [0.3, 0.4) is 0 Å². The molecule has 6 nitrogen and oxygen atoms in total. The number of carbonyl (C=O) groups is 2. The summed E-state index contributed by atoms with van der Waals surface area (Å²) < 4.78 is 5.60. The van der Waals surface area contributed by atoms with Crippen molar-refractivity contribution in [3.05, 3.63) is 70.7 Å². The standard InChI is InChI=1S/C20H21ClN2O4/c21-16-8-4-5-14(11-16)12-23-17(25)13-27-19(20(26)22-9-10-24)18(23)15-6-2-1-3-7-15/h1-8,11,18-19,24H,9-10,12-13H2,(H,22,26)/t18-,19+/m1/s1. The number of hydrogen-bond acceptors (Lipinski definition) is 4. The van der Waals surface area contributed by atoms with Crippen LogP contribution in [0, 0.1) is 0 Å². The molecule has 1 saturated heterocycles. The van der Waals surface area contributed by atoms with Crippen molar-refractivity contribution in [2.75, 3.05) is 19.8 Å². The van der Waals surface area contributed by atoms with E-state index >= 15 is 0 Å². The van der Waals surface area contributed by atoms with Crippen molar-refractivity contribution in [3.8, 4) is 0 Å². The lowest BCUT2D eigenvalue weighted by molar-refractivity contribution is -0.165. The Bertz CT molecular complexity index is 800. The lowest BCUT2D eigenvalue weighted by atomic mass is 9.96. The van der Waals surface area contributed by atoms with Gasteiger partial charge < -0.3 is 20.1 Å². The first-order valence-corrected chi connectivity index (χ1v) is 9.07. The molecule has 1 fully saturated rings. The van der Waals surface area contributed by atoms with Gasteiger partial charge in [-0.05, 0) is 23.3 Å². The number of benzene rings is 2. The smallest absolute Gasteiger partial charge is 0.251 e. The van der Waals surface area contributed by atoms with E-state index in [1.54, 1.807) is 17.0 Å². The summed E-state index contributed by atoms with van der Waals surface area (Å²) in [4.78, 5) is 26.9. The molecule has 0 aliphatic carbocycles. The van der Waals surface area contributed by atoms with Gasteiger partial charge in [-0.3, -0.25) is 9.59 Å². The second kappa shape index (κ2) is 8.99. The molecule has 7 heteroatoms. The molecule has 0 bridgehead atoms. The maximum Gasteiger partial charge on any atom is 0.251 e. The maximum atomic E-state index is 12.6. The Hall–Kier alpha value is -2.41. The molecule has 1 heterocycles. The molecule has 1 aliphatic heterocycles. The van der Waals surface area contributed by atoms with Crippen LogP contribution in [0.5, 0.6) is 0 Å². The zero-order valence-corrected chi connectivity index (χ0v) is 15.4. The van der Waals surface area contributed by atoms with E-state index in [-0.39, 0.29) is 31.6 Å². The number of nitrogens with one attached hydrogen (secondary N) is 1. The molecule has 2 aromatic carbocycles. The molecule has 2 amide bonds. The third-order valence-corrected chi connectivity index (χ3v) is 4.62. The predicted octanol–water partition coefficient (Wildman–Crippen LogP) is 1.92. The molecule has 0 saturated carbocycles. The monoisotopic (exact) mass is 388 g/mol. The molecule has 0 spiro atoms. The Labute approximate surface area is 162 Å². The number of rotatable bonds is 6. The van der Waals surface area contributed by atoms with Crippen LogP contribution in [0.2, 0.25) is 5.02 Å². The van der Waals surface area contributed by atoms with Gasteiger partial charge in [0.25, 0.3) is 5.91 Å². The van der Waals surface area contributed by atoms with E-state index in [0.717, 1.165) is 11.1 Å². The van der Waals surface area contributed by atoms with Crippen molar-refractivity contribution in [3.63, 3.8) is 0 Å². The minimum Gasteiger partial charge on any atom is -0.395 e. The molecule has 3 rings (SSSR count). The van der Waals surface area contributed by atoms with Crippen LogP contribution in [0.25, 0.3) is 0 Å². The summed E-state index contributed by atoms with van der Waals surface area (Å²) in [7, 11) is 0. The Morgan fingerprint density at radius 1 is 1.22 bits per heavy atom. The molecule has 0 aromatic heterocycles. The SMILES string of the molecule is O=C(NCCO)[C@H]1OCC(=O)N(Cc2cccc(Cl)c2)[C@@H]1c1ccccc1. The van der Waals surface area contributed by atoms with Gasteiger partial charge in [-0.15, -0.1) is 0 Å². The lowest BCUT2D eigenvalue weighted by Crippen LogP contribution is -2.54. The highest BCUT2D eigenvalue weighted by Gasteiger charge is 2.41. The third-order valence-electron chi connectivity index (χ3n) is 4.38. The van der Waals surface area contributed by atoms with Crippen LogP contribution in [-0.4, -0.2) is 47.7 Å². The van der Waals surface area contributed by atoms with E-state index in [0.29, 0.717) is 11.6 Å². The summed E-state index contributed by atoms with van der Waals surface area (Å²) in [6.07, 6.45) is -0.865. The molecular weight excluding hydrogens is 368 g/mol. The molecule has 2 N–H and O–H groups in total. The van der Waals surface area contributed by atoms with Crippen molar-refractivity contribution in [1.29, 1.82) is 0 Å². The molecule has 1 aliphatic rings. The Morgan fingerprint density at radius 2 is 2.00 bits per heavy atom. The molecule has 0 radical (unpaired) electrons. The van der Waals surface area contributed by atoms with Gasteiger partial charge in [0.1, 0.15) is 6.61 Å². The van der Waals surface area contributed by atoms with E-state index in [1.165, 1.54) is 0 Å². The maximum absolute atomic E-state index is 12.6. The van der Waals surface area contributed by atoms with E-state index in [9.17, 15) is 9.59 Å². The summed E-state index contributed by atoms with van der Waals surface area (Å²) in [5, 5.41) is 12.2. The minimum atomic E-state index is -0.865. The van der Waals surface area contributed by atoms with E-state index in [1.807, 2.05) is 42.5 Å². The van der Waals surface area contributed by atoms with Crippen molar-refractivity contribution in [2.24, 2.45) is 0 Å². The highest BCUT2D eigenvalue weighted by atomic mass is 35.5. The third kappa shape index (κ3) is 4.66. The van der Waals surface area contributed by atoms with Gasteiger partial charge in [0.05, 0.1) is 12.6 Å². The largest absolute Gasteiger partial charge is 0.395 e. The molecule has 27 heavy (non-hydrogen) atoms. The van der Waals surface area contributed by atoms with Crippen molar-refractivity contribution in [2.45, 2.75) is 18.7 Å². The highest BCUT2D eigenvalue weighted by Crippen LogP contribution is 2.32. The molecule has 2 aromatic rings. The number of nitrogens with zero attached hydrogens (tertiary/aromatic N) is 1. The number of ether oxygens (including phenoxy) is 1. The molecule has 0 unspecified atom stereocenters. The summed E-state index contributed by atoms with van der Waals surface area (Å²) in [5.41, 5.74) is 1.67. The van der Waals surface area contributed by atoms with Crippen LogP contribution >= 0.6 is 11.6 Å². The number of hydrogen-bond donors (Lipinski definition) is 2. The zero-order chi connectivity index (χ0) is 19.2. The zero-order valence-electron chi connectivity index (χ0n) is 14.7. The Balaban J connectivity index is 1.94. The van der Waals surface area contributed by atoms with E-state index in [2.05, 4.69) is 5.32 Å². The van der Waals surface area contributed by atoms with Crippen LogP contribution in [0.1, 0.15) is 17.2 Å². The normalized spacial score (nSPS) is 19.8. The fourth-order valence-electron chi connectivity index (χ4n) is 3.18. The van der Waals surface area contributed by atoms with Gasteiger partial charge in [0, 0.05) is 18.1 Å². The van der Waals surface area contributed by atoms with Gasteiger partial charge >= 0.3 is 0 Å². The second-order valence-electron chi connectivity index (χ2n) is 6.25. The first-order chi connectivity index (χ1) is 13.1. The summed E-state index contributed by atoms with van der Waals surface area (Å²) in [6.45, 7) is 0.0925. The number of morpholine rings is 1. The van der Waals surface area contributed by atoms with Crippen LogP contribution in [0.15, 0.2) is 54.6 Å². The van der Waals surface area contributed by atoms with Crippen molar-refractivity contribution < 1.29 is 19.4 Å². The van der Waals surface area contributed by atoms with Crippen LogP contribution in [0.4, 0.5) is 0 Å². The molecule has 2 atom stereocenters. The minimum absolute atomic E-state index is 0.127. The number of aliphatic hydroxyl groups excluding tert-OH is 1. The summed E-state index contributed by atoms with van der Waals surface area (Å²) in [5.74, 6) is -0.559. The van der Waals surface area contributed by atoms with Crippen LogP contribution in [-0.2, 0) is 20.9 Å².